The van der Waals surface area contributed by atoms with Gasteiger partial charge >= 0.3 is 0 Å². The average molecular weight is 347 g/mol. The van der Waals surface area contributed by atoms with E-state index in [1.54, 1.807) is 12.1 Å². The zero-order valence-corrected chi connectivity index (χ0v) is 14.7. The topological polar surface area (TPSA) is 67.6 Å². The van der Waals surface area contributed by atoms with Crippen LogP contribution in [0.25, 0.3) is 0 Å². The number of likely N-dealkylation sites (tertiary alicyclic amines) is 1. The van der Waals surface area contributed by atoms with E-state index in [0.717, 1.165) is 37.0 Å². The van der Waals surface area contributed by atoms with Crippen molar-refractivity contribution < 1.29 is 17.6 Å². The molecule has 6 heteroatoms. The summed E-state index contributed by atoms with van der Waals surface area (Å²) >= 11 is 0. The van der Waals surface area contributed by atoms with Crippen molar-refractivity contribution in [2.45, 2.75) is 37.1 Å². The second kappa shape index (κ2) is 6.43. The number of carbonyl (C=O) groups is 1. The van der Waals surface area contributed by atoms with E-state index in [-0.39, 0.29) is 16.8 Å². The van der Waals surface area contributed by atoms with Gasteiger partial charge in [-0.25, -0.2) is 8.42 Å². The summed E-state index contributed by atoms with van der Waals surface area (Å²) < 4.78 is 28.9. The highest BCUT2D eigenvalue weighted by atomic mass is 32.2. The van der Waals surface area contributed by atoms with Crippen molar-refractivity contribution in [2.24, 2.45) is 0 Å². The van der Waals surface area contributed by atoms with Crippen LogP contribution >= 0.6 is 0 Å². The SMILES string of the molecule is CCc1ccc([C@H]2CCCN2C(=O)c2ccc(S(C)(=O)=O)cc2)o1. The fourth-order valence-corrected chi connectivity index (χ4v) is 3.71. The second-order valence-corrected chi connectivity index (χ2v) is 8.13. The maximum absolute atomic E-state index is 12.8. The number of aryl methyl sites for hydroxylation is 1. The van der Waals surface area contributed by atoms with Gasteiger partial charge in [-0.3, -0.25) is 4.79 Å². The number of hydrogen-bond donors (Lipinski definition) is 0. The molecule has 2 aromatic rings. The molecule has 3 rings (SSSR count). The van der Waals surface area contributed by atoms with Crippen molar-refractivity contribution in [3.63, 3.8) is 0 Å². The molecule has 1 aliphatic heterocycles. The van der Waals surface area contributed by atoms with Gasteiger partial charge in [0.1, 0.15) is 11.5 Å². The van der Waals surface area contributed by atoms with Crippen molar-refractivity contribution >= 4 is 15.7 Å². The molecule has 0 spiro atoms. The largest absolute Gasteiger partial charge is 0.464 e. The Morgan fingerprint density at radius 3 is 2.50 bits per heavy atom. The van der Waals surface area contributed by atoms with Gasteiger partial charge in [-0.05, 0) is 49.2 Å². The van der Waals surface area contributed by atoms with Crippen LogP contribution in [0.3, 0.4) is 0 Å². The summed E-state index contributed by atoms with van der Waals surface area (Å²) in [4.78, 5) is 14.8. The molecule has 1 aliphatic rings. The molecule has 0 saturated carbocycles. The summed E-state index contributed by atoms with van der Waals surface area (Å²) in [6, 6.07) is 9.97. The molecule has 1 saturated heterocycles. The summed E-state index contributed by atoms with van der Waals surface area (Å²) in [5, 5.41) is 0. The predicted molar refractivity (Wildman–Crippen MR) is 90.6 cm³/mol. The van der Waals surface area contributed by atoms with Crippen LogP contribution in [-0.4, -0.2) is 32.0 Å². The van der Waals surface area contributed by atoms with Crippen LogP contribution < -0.4 is 0 Å². The van der Waals surface area contributed by atoms with Crippen LogP contribution in [0.4, 0.5) is 0 Å². The molecule has 0 unspecified atom stereocenters. The first-order valence-corrected chi connectivity index (χ1v) is 9.99. The summed E-state index contributed by atoms with van der Waals surface area (Å²) in [5.74, 6) is 1.65. The Hall–Kier alpha value is -2.08. The van der Waals surface area contributed by atoms with Gasteiger partial charge in [0.05, 0.1) is 10.9 Å². The monoisotopic (exact) mass is 347 g/mol. The van der Waals surface area contributed by atoms with Gasteiger partial charge in [-0.2, -0.15) is 0 Å². The lowest BCUT2D eigenvalue weighted by Crippen LogP contribution is -2.30. The van der Waals surface area contributed by atoms with Crippen LogP contribution in [0.1, 0.15) is 47.7 Å². The fraction of sp³-hybridized carbons (Fsp3) is 0.389. The van der Waals surface area contributed by atoms with E-state index in [9.17, 15) is 13.2 Å². The lowest BCUT2D eigenvalue weighted by molar-refractivity contribution is 0.0719. The highest BCUT2D eigenvalue weighted by Gasteiger charge is 2.32. The van der Waals surface area contributed by atoms with E-state index in [2.05, 4.69) is 0 Å². The minimum atomic E-state index is -3.26. The van der Waals surface area contributed by atoms with Crippen LogP contribution in [-0.2, 0) is 16.3 Å². The van der Waals surface area contributed by atoms with E-state index < -0.39 is 9.84 Å². The van der Waals surface area contributed by atoms with Crippen molar-refractivity contribution in [3.8, 4) is 0 Å². The van der Waals surface area contributed by atoms with Gasteiger partial charge in [0.15, 0.2) is 9.84 Å². The molecule has 1 amide bonds. The van der Waals surface area contributed by atoms with Gasteiger partial charge in [0, 0.05) is 24.8 Å². The Morgan fingerprint density at radius 2 is 1.92 bits per heavy atom. The number of rotatable bonds is 4. The van der Waals surface area contributed by atoms with E-state index in [0.29, 0.717) is 12.1 Å². The summed E-state index contributed by atoms with van der Waals surface area (Å²) in [6.45, 7) is 2.71. The predicted octanol–water partition coefficient (Wildman–Crippen LogP) is 3.22. The second-order valence-electron chi connectivity index (χ2n) is 6.11. The van der Waals surface area contributed by atoms with Crippen LogP contribution in [0.5, 0.6) is 0 Å². The first-order valence-electron chi connectivity index (χ1n) is 8.10. The van der Waals surface area contributed by atoms with Gasteiger partial charge in [-0.1, -0.05) is 6.92 Å². The maximum Gasteiger partial charge on any atom is 0.254 e. The number of furan rings is 1. The quantitative estimate of drug-likeness (QED) is 0.851. The summed E-state index contributed by atoms with van der Waals surface area (Å²) in [5.41, 5.74) is 0.497. The van der Waals surface area contributed by atoms with Crippen molar-refractivity contribution in [2.75, 3.05) is 12.8 Å². The highest BCUT2D eigenvalue weighted by Crippen LogP contribution is 2.34. The Morgan fingerprint density at radius 1 is 1.21 bits per heavy atom. The summed E-state index contributed by atoms with van der Waals surface area (Å²) in [7, 11) is -3.26. The summed E-state index contributed by atoms with van der Waals surface area (Å²) in [6.07, 6.45) is 3.79. The lowest BCUT2D eigenvalue weighted by Gasteiger charge is -2.23. The number of nitrogens with zero attached hydrogens (tertiary/aromatic N) is 1. The fourth-order valence-electron chi connectivity index (χ4n) is 3.08. The van der Waals surface area contributed by atoms with Crippen LogP contribution in [0.15, 0.2) is 45.7 Å². The van der Waals surface area contributed by atoms with Crippen molar-refractivity contribution in [1.82, 2.24) is 4.90 Å². The molecule has 1 aromatic heterocycles. The molecule has 0 bridgehead atoms. The smallest absolute Gasteiger partial charge is 0.254 e. The number of benzene rings is 1. The molecule has 1 aromatic carbocycles. The van der Waals surface area contributed by atoms with Crippen molar-refractivity contribution in [3.05, 3.63) is 53.5 Å². The van der Waals surface area contributed by atoms with Crippen LogP contribution in [0.2, 0.25) is 0 Å². The van der Waals surface area contributed by atoms with E-state index in [1.165, 1.54) is 12.1 Å². The standard InChI is InChI=1S/C18H21NO4S/c1-3-14-8-11-17(23-14)16-5-4-12-19(16)18(20)13-6-9-15(10-7-13)24(2,21)22/h6-11,16H,3-5,12H2,1-2H3/t16-/m1/s1. The van der Waals surface area contributed by atoms with E-state index >= 15 is 0 Å². The molecule has 0 radical (unpaired) electrons. The van der Waals surface area contributed by atoms with E-state index in [1.807, 2.05) is 24.0 Å². The van der Waals surface area contributed by atoms with Crippen LogP contribution in [0, 0.1) is 0 Å². The van der Waals surface area contributed by atoms with Gasteiger partial charge in [-0.15, -0.1) is 0 Å². The Bertz CT molecular complexity index is 836. The minimum absolute atomic E-state index is 0.0487. The molecule has 2 heterocycles. The number of hydrogen-bond acceptors (Lipinski definition) is 4. The average Bonchev–Trinajstić information content (AvgIpc) is 3.22. The maximum atomic E-state index is 12.8. The number of amides is 1. The first-order chi connectivity index (χ1) is 11.4. The minimum Gasteiger partial charge on any atom is -0.464 e. The third-order valence-corrected chi connectivity index (χ3v) is 5.53. The molecule has 1 atom stereocenters. The molecule has 0 N–H and O–H groups in total. The first kappa shape index (κ1) is 16.8. The van der Waals surface area contributed by atoms with Crippen molar-refractivity contribution in [1.29, 1.82) is 0 Å². The zero-order valence-electron chi connectivity index (χ0n) is 13.9. The Kier molecular flexibility index (Phi) is 4.49. The Labute approximate surface area is 142 Å². The molecule has 1 fully saturated rings. The third-order valence-electron chi connectivity index (χ3n) is 4.40. The highest BCUT2D eigenvalue weighted by molar-refractivity contribution is 7.90. The van der Waals surface area contributed by atoms with Gasteiger partial charge < -0.3 is 9.32 Å². The van der Waals surface area contributed by atoms with Gasteiger partial charge in [0.25, 0.3) is 5.91 Å². The molecular formula is C18H21NO4S. The third kappa shape index (κ3) is 3.24. The molecule has 128 valence electrons. The molecule has 5 nitrogen and oxygen atoms in total. The molecular weight excluding hydrogens is 326 g/mol. The van der Waals surface area contributed by atoms with E-state index in [4.69, 9.17) is 4.42 Å². The molecule has 0 aliphatic carbocycles. The number of sulfone groups is 1. The normalized spacial score (nSPS) is 18.1. The zero-order chi connectivity index (χ0) is 17.3. The number of carbonyl (C=O) groups excluding carboxylic acids is 1. The lowest BCUT2D eigenvalue weighted by atomic mass is 10.1. The Balaban J connectivity index is 1.83. The van der Waals surface area contributed by atoms with Gasteiger partial charge in [0.2, 0.25) is 0 Å². The molecule has 24 heavy (non-hydrogen) atoms.